The summed E-state index contributed by atoms with van der Waals surface area (Å²) in [6.07, 6.45) is 0. The Labute approximate surface area is 86.2 Å². The first-order valence-corrected chi connectivity index (χ1v) is 14.8. The van der Waals surface area contributed by atoms with Crippen LogP contribution in [0.25, 0.3) is 0 Å². The first-order chi connectivity index (χ1) is 3.66. The average Bonchev–Trinajstić information content (AvgIpc) is 1.65. The van der Waals surface area contributed by atoms with Crippen LogP contribution in [0.4, 0.5) is 0 Å². The molecule has 0 N–H and O–H groups in total. The topological polar surface area (TPSA) is 0 Å². The third-order valence-electron chi connectivity index (χ3n) is 0.335. The predicted octanol–water partition coefficient (Wildman–Crippen LogP) is 4.75. The van der Waals surface area contributed by atoms with Crippen molar-refractivity contribution in [1.29, 1.82) is 0 Å². The Balaban J connectivity index is 0. The van der Waals surface area contributed by atoms with Gasteiger partial charge in [-0.05, 0) is 0 Å². The van der Waals surface area contributed by atoms with Crippen LogP contribution >= 0.6 is 65.6 Å². The van der Waals surface area contributed by atoms with Gasteiger partial charge in [-0.3, -0.25) is 8.93 Å². The molecule has 0 aromatic heterocycles. The second-order valence-corrected chi connectivity index (χ2v) is 25.1. The molecule has 0 rings (SSSR count). The zero-order valence-electron chi connectivity index (χ0n) is 4.48. The molecule has 0 saturated heterocycles. The van der Waals surface area contributed by atoms with E-state index in [1.54, 1.807) is 0 Å². The van der Waals surface area contributed by atoms with E-state index in [1.807, 2.05) is 0 Å². The van der Waals surface area contributed by atoms with E-state index in [0.717, 1.165) is 7.96 Å². The summed E-state index contributed by atoms with van der Waals surface area (Å²) in [5, 5.41) is 0. The van der Waals surface area contributed by atoms with Crippen LogP contribution in [0.5, 0.6) is 0 Å². The van der Waals surface area contributed by atoms with Gasteiger partial charge in [-0.25, -0.2) is 14.0 Å². The van der Waals surface area contributed by atoms with Crippen LogP contribution in [-0.4, -0.2) is 0 Å². The molecule has 6 unspecified atom stereocenters. The summed E-state index contributed by atoms with van der Waals surface area (Å²) < 4.78 is 0. The molecule has 0 heterocycles. The normalized spacial score (nSPS) is 18.7. The molecule has 0 aromatic rings. The number of rotatable bonds is 3. The van der Waals surface area contributed by atoms with E-state index >= 15 is 0 Å². The van der Waals surface area contributed by atoms with E-state index in [2.05, 4.69) is 35.7 Å². The standard InChI is InChI=1S/H8P8.W/c1-5-8(4)6-7(2)3;/h2,6H,1,3-4H2;/q-2;. The fourth-order valence-electron chi connectivity index (χ4n) is 0.136. The van der Waals surface area contributed by atoms with E-state index in [4.69, 9.17) is 0 Å². The second-order valence-electron chi connectivity index (χ2n) is 0.930. The van der Waals surface area contributed by atoms with Gasteiger partial charge in [-0.15, -0.1) is 25.8 Å². The second kappa shape index (κ2) is 10.2. The Bertz CT molecular complexity index is 50.5. The third kappa shape index (κ3) is 12.1. The van der Waals surface area contributed by atoms with Gasteiger partial charge in [-0.2, -0.15) is 0 Å². The summed E-state index contributed by atoms with van der Waals surface area (Å²) in [5.41, 5.74) is 0. The van der Waals surface area contributed by atoms with Gasteiger partial charge in [0, 0.05) is 21.1 Å². The summed E-state index contributed by atoms with van der Waals surface area (Å²) in [5.74, 6) is 0. The largest absolute Gasteiger partial charge is 0.517 e. The molecular weight excluding hydrogens is 432 g/mol. The van der Waals surface area contributed by atoms with Crippen molar-refractivity contribution in [3.05, 3.63) is 0 Å². The molecule has 0 aromatic carbocycles. The molecule has 6 atom stereocenters. The Morgan fingerprint density at radius 3 is 2.00 bits per heavy atom. The summed E-state index contributed by atoms with van der Waals surface area (Å²) >= 11 is 0. The molecule has 0 spiro atoms. The molecule has 0 amide bonds. The van der Waals surface area contributed by atoms with Gasteiger partial charge in [0.05, 0.1) is 0 Å². The van der Waals surface area contributed by atoms with Gasteiger partial charge in [-0.1, -0.05) is 0 Å². The Hall–Kier alpha value is 4.13. The van der Waals surface area contributed by atoms with Crippen LogP contribution in [0.15, 0.2) is 0 Å². The molecule has 56 valence electrons. The van der Waals surface area contributed by atoms with E-state index in [1.165, 1.54) is 7.96 Å². The zero-order chi connectivity index (χ0) is 6.57. The Kier molecular flexibility index (Phi) is 17.7. The molecule has 0 aliphatic heterocycles. The van der Waals surface area contributed by atoms with Crippen molar-refractivity contribution in [1.82, 2.24) is 0 Å². The van der Waals surface area contributed by atoms with Gasteiger partial charge in [0.1, 0.15) is 0 Å². The third-order valence-corrected chi connectivity index (χ3v) is 27.1. The van der Waals surface area contributed by atoms with Gasteiger partial charge in [0.2, 0.25) is 0 Å². The van der Waals surface area contributed by atoms with Crippen LogP contribution in [0.2, 0.25) is 0 Å². The smallest absolute Gasteiger partial charge is 0 e. The quantitative estimate of drug-likeness (QED) is 0.557. The molecule has 0 saturated carbocycles. The summed E-state index contributed by atoms with van der Waals surface area (Å²) in [4.78, 5) is 0. The van der Waals surface area contributed by atoms with E-state index < -0.39 is 0 Å². The maximum atomic E-state index is 3.59. The maximum absolute atomic E-state index is 3.59. The molecule has 9 heteroatoms. The predicted molar refractivity (Wildman–Crippen MR) is 66.5 cm³/mol. The number of hydrogen-bond acceptors (Lipinski definition) is 0. The molecule has 0 bridgehead atoms. The van der Waals surface area contributed by atoms with Crippen molar-refractivity contribution in [2.45, 2.75) is 0 Å². The van der Waals surface area contributed by atoms with Gasteiger partial charge in [0.25, 0.3) is 0 Å². The van der Waals surface area contributed by atoms with E-state index in [0.29, 0.717) is 0 Å². The minimum atomic E-state index is 0. The molecular formula is H8P8W-2. The van der Waals surface area contributed by atoms with Crippen LogP contribution < -0.4 is 0 Å². The summed E-state index contributed by atoms with van der Waals surface area (Å²) in [7, 11) is 14.6. The summed E-state index contributed by atoms with van der Waals surface area (Å²) in [6.45, 7) is 0.313. The van der Waals surface area contributed by atoms with E-state index in [-0.39, 0.29) is 35.0 Å². The molecule has 0 radical (unpaired) electrons. The van der Waals surface area contributed by atoms with Crippen LogP contribution in [0.3, 0.4) is 0 Å². The van der Waals surface area contributed by atoms with Crippen LogP contribution in [0.1, 0.15) is 0 Å². The van der Waals surface area contributed by atoms with Crippen molar-refractivity contribution in [2.24, 2.45) is 0 Å². The maximum Gasteiger partial charge on any atom is 0 e. The molecule has 0 nitrogen and oxygen atoms in total. The first kappa shape index (κ1) is 15.6. The number of hydrogen-bond donors (Lipinski definition) is 0. The molecule has 0 aliphatic carbocycles. The Morgan fingerprint density at radius 2 is 1.89 bits per heavy atom. The monoisotopic (exact) mass is 440 g/mol. The van der Waals surface area contributed by atoms with Crippen molar-refractivity contribution >= 4 is 65.6 Å². The zero-order valence-corrected chi connectivity index (χ0v) is 15.6. The summed E-state index contributed by atoms with van der Waals surface area (Å²) in [6, 6.07) is 0. The SMILES string of the molecule is [PH-]P(P)PP(P)[P-]P.[W]. The van der Waals surface area contributed by atoms with Crippen molar-refractivity contribution in [3.8, 4) is 0 Å². The van der Waals surface area contributed by atoms with Crippen molar-refractivity contribution < 1.29 is 21.1 Å². The fourth-order valence-corrected chi connectivity index (χ4v) is 33.1. The minimum absolute atomic E-state index is 0. The van der Waals surface area contributed by atoms with Gasteiger partial charge >= 0.3 is 0 Å². The fraction of sp³-hybridized carbons (Fsp3) is 0. The molecule has 0 fully saturated rings. The van der Waals surface area contributed by atoms with Crippen LogP contribution in [0, 0.1) is 0 Å². The van der Waals surface area contributed by atoms with Crippen molar-refractivity contribution in [2.75, 3.05) is 0 Å². The molecule has 9 heavy (non-hydrogen) atoms. The molecule has 0 aliphatic rings. The Morgan fingerprint density at radius 1 is 1.44 bits per heavy atom. The van der Waals surface area contributed by atoms with Gasteiger partial charge < -0.3 is 16.9 Å². The minimum Gasteiger partial charge on any atom is -0.517 e. The first-order valence-electron chi connectivity index (χ1n) is 1.65. The van der Waals surface area contributed by atoms with Crippen LogP contribution in [-0.2, 0) is 21.1 Å². The van der Waals surface area contributed by atoms with E-state index in [9.17, 15) is 0 Å². The van der Waals surface area contributed by atoms with Crippen molar-refractivity contribution in [3.63, 3.8) is 0 Å². The van der Waals surface area contributed by atoms with Gasteiger partial charge in [0.15, 0.2) is 0 Å². The average molecular weight is 440 g/mol.